The van der Waals surface area contributed by atoms with E-state index in [2.05, 4.69) is 21.2 Å². The predicted octanol–water partition coefficient (Wildman–Crippen LogP) is 1.70. The zero-order valence-electron chi connectivity index (χ0n) is 11.8. The van der Waals surface area contributed by atoms with Crippen LogP contribution >= 0.6 is 15.9 Å². The van der Waals surface area contributed by atoms with Crippen molar-refractivity contribution in [1.29, 1.82) is 0 Å². The highest BCUT2D eigenvalue weighted by Crippen LogP contribution is 2.30. The van der Waals surface area contributed by atoms with Crippen LogP contribution in [0.2, 0.25) is 0 Å². The van der Waals surface area contributed by atoms with E-state index < -0.39 is 10.0 Å². The van der Waals surface area contributed by atoms with Crippen LogP contribution in [0.5, 0.6) is 0 Å². The summed E-state index contributed by atoms with van der Waals surface area (Å²) in [4.78, 5) is 0.185. The van der Waals surface area contributed by atoms with E-state index in [0.717, 1.165) is 6.42 Å². The van der Waals surface area contributed by atoms with E-state index in [-0.39, 0.29) is 15.6 Å². The summed E-state index contributed by atoms with van der Waals surface area (Å²) in [7, 11) is -1.98. The van der Waals surface area contributed by atoms with E-state index in [1.165, 1.54) is 17.1 Å². The Hall–Kier alpha value is -0.410. The van der Waals surface area contributed by atoms with Crippen molar-refractivity contribution in [3.8, 4) is 0 Å². The normalized spacial score (nSPS) is 23.1. The number of hydrogen-bond donors (Lipinski definition) is 1. The molecule has 1 aromatic rings. The molecule has 2 fully saturated rings. The van der Waals surface area contributed by atoms with Crippen molar-refractivity contribution in [3.63, 3.8) is 0 Å². The number of likely N-dealkylation sites (N-methyl/N-ethyl adjacent to an activating group) is 1. The van der Waals surface area contributed by atoms with Crippen LogP contribution in [0, 0.1) is 0 Å². The average molecular weight is 379 g/mol. The molecule has 1 aliphatic heterocycles. The Labute approximate surface area is 133 Å². The molecule has 0 bridgehead atoms. The third kappa shape index (κ3) is 3.34. The number of sulfonamides is 1. The summed E-state index contributed by atoms with van der Waals surface area (Å²) in [6, 6.07) is 2.04. The molecule has 8 heteroatoms. The van der Waals surface area contributed by atoms with E-state index in [4.69, 9.17) is 9.15 Å². The van der Waals surface area contributed by atoms with E-state index in [1.807, 2.05) is 0 Å². The van der Waals surface area contributed by atoms with Gasteiger partial charge in [0.15, 0.2) is 4.67 Å². The number of furan rings is 1. The lowest BCUT2D eigenvalue weighted by molar-refractivity contribution is 0.181. The van der Waals surface area contributed by atoms with E-state index >= 15 is 0 Å². The molecule has 1 N–H and O–H groups in total. The molecular weight excluding hydrogens is 360 g/mol. The van der Waals surface area contributed by atoms with Gasteiger partial charge in [0.2, 0.25) is 10.0 Å². The summed E-state index contributed by atoms with van der Waals surface area (Å²) in [5, 5.41) is 3.31. The highest BCUT2D eigenvalue weighted by atomic mass is 79.9. The predicted molar refractivity (Wildman–Crippen MR) is 80.4 cm³/mol. The lowest BCUT2D eigenvalue weighted by atomic mass is 10.3. The van der Waals surface area contributed by atoms with Crippen LogP contribution in [0.15, 0.2) is 20.0 Å². The molecule has 0 spiro atoms. The van der Waals surface area contributed by atoms with Crippen molar-refractivity contribution in [2.24, 2.45) is 0 Å². The zero-order chi connectivity index (χ0) is 15.0. The maximum absolute atomic E-state index is 12.7. The quantitative estimate of drug-likeness (QED) is 0.815. The molecule has 2 aliphatic rings. The minimum Gasteiger partial charge on any atom is -0.452 e. The standard InChI is InChI=1S/C13H19BrN2O4S/c1-16(10-4-5-19-8-10)21(17,18)12-6-11(20-13(12)14)7-15-9-2-3-9/h6,9-10,15H,2-5,7-8H2,1H3. The van der Waals surface area contributed by atoms with Gasteiger partial charge >= 0.3 is 0 Å². The van der Waals surface area contributed by atoms with Crippen LogP contribution in [0.3, 0.4) is 0 Å². The first-order valence-corrected chi connectivity index (χ1v) is 9.29. The van der Waals surface area contributed by atoms with Gasteiger partial charge in [0, 0.05) is 25.8 Å². The summed E-state index contributed by atoms with van der Waals surface area (Å²) >= 11 is 3.22. The second-order valence-corrected chi connectivity index (χ2v) is 8.23. The first-order chi connectivity index (χ1) is 9.98. The SMILES string of the molecule is CN(C1CCOC1)S(=O)(=O)c1cc(CNC2CC2)oc1Br. The number of hydrogen-bond acceptors (Lipinski definition) is 5. The van der Waals surface area contributed by atoms with Crippen LogP contribution in [0.4, 0.5) is 0 Å². The highest BCUT2D eigenvalue weighted by molar-refractivity contribution is 9.10. The van der Waals surface area contributed by atoms with E-state index in [9.17, 15) is 8.42 Å². The van der Waals surface area contributed by atoms with E-state index in [1.54, 1.807) is 13.1 Å². The molecule has 2 heterocycles. The Bertz CT molecular complexity index is 606. The molecule has 1 aromatic heterocycles. The second kappa shape index (κ2) is 6.00. The molecule has 1 saturated heterocycles. The highest BCUT2D eigenvalue weighted by Gasteiger charge is 2.33. The molecule has 6 nitrogen and oxygen atoms in total. The smallest absolute Gasteiger partial charge is 0.247 e. The third-order valence-electron chi connectivity index (χ3n) is 3.93. The summed E-state index contributed by atoms with van der Waals surface area (Å²) < 4.78 is 37.7. The summed E-state index contributed by atoms with van der Waals surface area (Å²) in [6.07, 6.45) is 3.08. The van der Waals surface area contributed by atoms with Crippen molar-refractivity contribution in [2.75, 3.05) is 20.3 Å². The molecular formula is C13H19BrN2O4S. The Morgan fingerprint density at radius 1 is 1.43 bits per heavy atom. The molecule has 1 saturated carbocycles. The summed E-state index contributed by atoms with van der Waals surface area (Å²) in [5.41, 5.74) is 0. The monoisotopic (exact) mass is 378 g/mol. The fourth-order valence-corrected chi connectivity index (χ4v) is 4.68. The minimum atomic E-state index is -3.57. The van der Waals surface area contributed by atoms with Crippen LogP contribution in [-0.2, 0) is 21.3 Å². The van der Waals surface area contributed by atoms with Gasteiger partial charge in [0.25, 0.3) is 0 Å². The molecule has 0 aromatic carbocycles. The maximum Gasteiger partial charge on any atom is 0.247 e. The van der Waals surface area contributed by atoms with Crippen molar-refractivity contribution in [1.82, 2.24) is 9.62 Å². The molecule has 0 amide bonds. The van der Waals surface area contributed by atoms with Crippen molar-refractivity contribution in [2.45, 2.75) is 42.8 Å². The van der Waals surface area contributed by atoms with Crippen LogP contribution in [-0.4, -0.2) is 45.1 Å². The van der Waals surface area contributed by atoms with Gasteiger partial charge in [-0.2, -0.15) is 4.31 Å². The Balaban J connectivity index is 1.76. The molecule has 118 valence electrons. The second-order valence-electron chi connectivity index (χ2n) is 5.54. The van der Waals surface area contributed by atoms with Gasteiger partial charge in [-0.3, -0.25) is 0 Å². The third-order valence-corrected chi connectivity index (χ3v) is 6.69. The Morgan fingerprint density at radius 3 is 2.81 bits per heavy atom. The molecule has 0 radical (unpaired) electrons. The minimum absolute atomic E-state index is 0.107. The number of rotatable bonds is 6. The van der Waals surface area contributed by atoms with Crippen LogP contribution < -0.4 is 5.32 Å². The lowest BCUT2D eigenvalue weighted by Crippen LogP contribution is -2.37. The van der Waals surface area contributed by atoms with Gasteiger partial charge in [-0.05, 0) is 35.2 Å². The van der Waals surface area contributed by atoms with Gasteiger partial charge < -0.3 is 14.5 Å². The van der Waals surface area contributed by atoms with E-state index in [0.29, 0.717) is 31.6 Å². The molecule has 1 aliphatic carbocycles. The fourth-order valence-electron chi connectivity index (χ4n) is 2.35. The van der Waals surface area contributed by atoms with Crippen molar-refractivity contribution in [3.05, 3.63) is 16.5 Å². The van der Waals surface area contributed by atoms with Crippen molar-refractivity contribution >= 4 is 26.0 Å². The average Bonchev–Trinajstić information content (AvgIpc) is 2.97. The van der Waals surface area contributed by atoms with Crippen LogP contribution in [0.25, 0.3) is 0 Å². The summed E-state index contributed by atoms with van der Waals surface area (Å²) in [5.74, 6) is 0.628. The Kier molecular flexibility index (Phi) is 4.42. The first kappa shape index (κ1) is 15.5. The molecule has 1 unspecified atom stereocenters. The largest absolute Gasteiger partial charge is 0.452 e. The first-order valence-electron chi connectivity index (χ1n) is 7.06. The fraction of sp³-hybridized carbons (Fsp3) is 0.692. The van der Waals surface area contributed by atoms with Gasteiger partial charge in [-0.1, -0.05) is 0 Å². The van der Waals surface area contributed by atoms with Gasteiger partial charge in [-0.15, -0.1) is 0 Å². The number of halogens is 1. The maximum atomic E-state index is 12.7. The topological polar surface area (TPSA) is 71.8 Å². The number of nitrogens with one attached hydrogen (secondary N) is 1. The van der Waals surface area contributed by atoms with Gasteiger partial charge in [0.05, 0.1) is 19.2 Å². The molecule has 3 rings (SSSR count). The van der Waals surface area contributed by atoms with Gasteiger partial charge in [0.1, 0.15) is 10.7 Å². The van der Waals surface area contributed by atoms with Gasteiger partial charge in [-0.25, -0.2) is 8.42 Å². The summed E-state index contributed by atoms with van der Waals surface area (Å²) in [6.45, 7) is 1.60. The number of nitrogens with zero attached hydrogens (tertiary/aromatic N) is 1. The lowest BCUT2D eigenvalue weighted by Gasteiger charge is -2.21. The number of ether oxygens (including phenoxy) is 1. The van der Waals surface area contributed by atoms with Crippen molar-refractivity contribution < 1.29 is 17.6 Å². The van der Waals surface area contributed by atoms with Crippen LogP contribution in [0.1, 0.15) is 25.0 Å². The molecule has 1 atom stereocenters. The molecule has 21 heavy (non-hydrogen) atoms. The zero-order valence-corrected chi connectivity index (χ0v) is 14.2. The Morgan fingerprint density at radius 2 is 2.19 bits per heavy atom.